The number of nitrogen functional groups attached to an aromatic ring is 2. The first kappa shape index (κ1) is 76.7. The summed E-state index contributed by atoms with van der Waals surface area (Å²) in [5.41, 5.74) is 18.2. The van der Waals surface area contributed by atoms with E-state index in [2.05, 4.69) is 0 Å². The number of aliphatic hydroxyl groups is 1. The first-order valence-electron chi connectivity index (χ1n) is 37.4. The molecule has 20 rings (SSSR count). The quantitative estimate of drug-likeness (QED) is 0.0210. The Labute approximate surface area is 666 Å². The first-order valence-corrected chi connectivity index (χ1v) is 37.4. The molecule has 12 aliphatic rings. The van der Waals surface area contributed by atoms with Gasteiger partial charge in [0.15, 0.2) is 86.8 Å². The van der Waals surface area contributed by atoms with Crippen LogP contribution in [0, 0.1) is 87.8 Å². The lowest BCUT2D eigenvalue weighted by molar-refractivity contribution is -0.386. The van der Waals surface area contributed by atoms with Crippen molar-refractivity contribution in [1.82, 2.24) is 0 Å². The maximum atomic E-state index is 12.5. The van der Waals surface area contributed by atoms with Crippen molar-refractivity contribution >= 4 is 52.0 Å². The van der Waals surface area contributed by atoms with Crippen LogP contribution >= 0.6 is 0 Å². The molecule has 0 aromatic heterocycles. The minimum Gasteiger partial charge on any atom is -0.465 e. The number of aliphatic hydroxyl groups excluding tert-OH is 1. The second-order valence-electron chi connectivity index (χ2n) is 29.2. The van der Waals surface area contributed by atoms with Crippen LogP contribution in [0.5, 0.6) is 92.0 Å². The van der Waals surface area contributed by atoms with Crippen LogP contribution in [0.2, 0.25) is 0 Å². The lowest BCUT2D eigenvalue weighted by Gasteiger charge is -2.20. The van der Waals surface area contributed by atoms with Crippen LogP contribution in [0.1, 0.15) is 44.5 Å². The monoisotopic (exact) mass is 1630 g/mol. The van der Waals surface area contributed by atoms with Gasteiger partial charge in [-0.15, -0.1) is 0 Å². The minimum atomic E-state index is -1.17. The van der Waals surface area contributed by atoms with Crippen LogP contribution in [0.15, 0.2) is 109 Å². The smallest absolute Gasteiger partial charge is 0.318 e. The van der Waals surface area contributed by atoms with Gasteiger partial charge in [0.2, 0.25) is 65.8 Å². The third-order valence-electron chi connectivity index (χ3n) is 22.4. The largest absolute Gasteiger partial charge is 0.465 e. The Kier molecular flexibility index (Phi) is 21.1. The van der Waals surface area contributed by atoms with E-state index in [9.17, 15) is 59.9 Å². The van der Waals surface area contributed by atoms with Gasteiger partial charge in [-0.3, -0.25) is 54.8 Å². The molecule has 9 atom stereocenters. The molecule has 1 unspecified atom stereocenters. The number of fused-ring (bicyclic) bond motifs is 8. The lowest BCUT2D eigenvalue weighted by atomic mass is 9.83. The average Bonchev–Trinajstić information content (AvgIpc) is 1.79. The van der Waals surface area contributed by atoms with Crippen molar-refractivity contribution in [1.29, 1.82) is 0 Å². The number of nitrogens with zero attached hydrogens (tertiary/aromatic N) is 4. The summed E-state index contributed by atoms with van der Waals surface area (Å²) in [6.45, 7) is 1.57. The second-order valence-corrected chi connectivity index (χ2v) is 29.2. The number of cyclic esters (lactones) is 3. The number of nitrogens with two attached hydrogens (primary N) is 2. The van der Waals surface area contributed by atoms with E-state index in [0.717, 1.165) is 51.7 Å². The van der Waals surface area contributed by atoms with E-state index in [0.29, 0.717) is 106 Å². The second kappa shape index (κ2) is 32.4. The van der Waals surface area contributed by atoms with Gasteiger partial charge in [-0.25, -0.2) is 0 Å². The molecule has 12 heterocycles. The van der Waals surface area contributed by atoms with E-state index in [-0.39, 0.29) is 186 Å². The Balaban J connectivity index is 0.000000113. The highest BCUT2D eigenvalue weighted by Crippen LogP contribution is 2.50. The van der Waals surface area contributed by atoms with E-state index in [1.807, 2.05) is 54.6 Å². The van der Waals surface area contributed by atoms with Crippen molar-refractivity contribution in [2.45, 2.75) is 57.7 Å². The molecule has 0 amide bonds. The SMILES string of the molecule is Nc1cc2c(cc1C[C@H]1COC(=O)[C@@H]1Cc1ccc3c(c1N)OCO3)OCO2.O=C1OC[C@H](Cc2cc3c(cc2[N+](=O)[O-])OCO3)[C@H]1Cc1ccc2c(c1[N+](=O)[O-])OCO2.O=C1OC[C@H](Cc2ccc3c(c2)OCO3)[C@H]1Cc1ccc2c(c1)OCO2.O=[N+]([O-])c1cc2c(cc1C[C@H]1COC(O)[C@@H]1Cc1ccc3c(c1[N+](=O)[O-])OCO3)OCO2. The van der Waals surface area contributed by atoms with E-state index >= 15 is 0 Å². The van der Waals surface area contributed by atoms with E-state index in [1.54, 1.807) is 30.3 Å². The van der Waals surface area contributed by atoms with Gasteiger partial charge < -0.3 is 111 Å². The van der Waals surface area contributed by atoms with Gasteiger partial charge in [-0.2, -0.15) is 0 Å². The molecule has 614 valence electrons. The number of carbonyl (C=O) groups excluding carboxylic acids is 3. The Morgan fingerprint density at radius 3 is 1.14 bits per heavy atom. The molecule has 5 N–H and O–H groups in total. The van der Waals surface area contributed by atoms with Crippen LogP contribution in [0.25, 0.3) is 0 Å². The molecule has 12 aliphatic heterocycles. The molecular weight excluding hydrogens is 1560 g/mol. The number of nitro groups is 4. The summed E-state index contributed by atoms with van der Waals surface area (Å²) in [6, 6.07) is 31.0. The molecule has 4 fully saturated rings. The molecule has 38 nitrogen and oxygen atoms in total. The van der Waals surface area contributed by atoms with Crippen LogP contribution in [-0.4, -0.2) is 130 Å². The van der Waals surface area contributed by atoms with E-state index in [4.69, 9.17) is 106 Å². The van der Waals surface area contributed by atoms with Crippen molar-refractivity contribution in [3.8, 4) is 92.0 Å². The number of esters is 3. The third-order valence-corrected chi connectivity index (χ3v) is 22.4. The summed E-state index contributed by atoms with van der Waals surface area (Å²) < 4.78 is 107. The average molecular weight is 1630 g/mol. The number of hydrogen-bond acceptors (Lipinski definition) is 34. The van der Waals surface area contributed by atoms with Crippen LogP contribution in [-0.2, 0) is 84.7 Å². The number of carbonyl (C=O) groups is 3. The number of rotatable bonds is 20. The highest BCUT2D eigenvalue weighted by molar-refractivity contribution is 5.78. The van der Waals surface area contributed by atoms with Crippen LogP contribution < -0.4 is 87.3 Å². The van der Waals surface area contributed by atoms with Crippen molar-refractivity contribution in [2.75, 3.05) is 92.2 Å². The predicted octanol–water partition coefficient (Wildman–Crippen LogP) is 9.46. The summed E-state index contributed by atoms with van der Waals surface area (Å²) in [5.74, 6) is 4.31. The summed E-state index contributed by atoms with van der Waals surface area (Å²) >= 11 is 0. The van der Waals surface area contributed by atoms with E-state index in [1.165, 1.54) is 24.3 Å². The topological polar surface area (TPSA) is 481 Å². The number of benzene rings is 8. The van der Waals surface area contributed by atoms with Gasteiger partial charge >= 0.3 is 29.3 Å². The van der Waals surface area contributed by atoms with Gasteiger partial charge in [0.1, 0.15) is 0 Å². The molecule has 0 radical (unpaired) electrons. The fraction of sp³-hybridized carbons (Fsp3) is 0.362. The fourth-order valence-corrected chi connectivity index (χ4v) is 16.3. The Morgan fingerprint density at radius 1 is 0.314 bits per heavy atom. The molecule has 4 saturated heterocycles. The Morgan fingerprint density at radius 2 is 0.661 bits per heavy atom. The van der Waals surface area contributed by atoms with Crippen LogP contribution in [0.3, 0.4) is 0 Å². The molecule has 0 saturated carbocycles. The van der Waals surface area contributed by atoms with Gasteiger partial charge in [0.05, 0.1) is 81.7 Å². The maximum absolute atomic E-state index is 12.5. The summed E-state index contributed by atoms with van der Waals surface area (Å²) in [6.07, 6.45) is 1.81. The minimum absolute atomic E-state index is 0.0139. The van der Waals surface area contributed by atoms with Gasteiger partial charge in [-0.1, -0.05) is 18.2 Å². The van der Waals surface area contributed by atoms with Crippen molar-refractivity contribution < 1.29 is 134 Å². The highest BCUT2D eigenvalue weighted by atomic mass is 16.7. The molecule has 0 bridgehead atoms. The molecule has 0 spiro atoms. The summed E-state index contributed by atoms with van der Waals surface area (Å²) in [5, 5.41) is 57.0. The standard InChI is InChI=1S/C20H18N2O10.C20H16N2O10.C20H20N2O6.C20H18O6/c2*23-20-13(4-10-1-2-15-19(32-9-29-15)18(10)22(26)27)12(7-28-20)3-11-5-16-17(31-8-30-16)6-14(11)21(24)25;21-14-6-17-16(26-8-27-17)5-11(14)3-12-7-24-20(23)13(12)4-10-1-2-15-19(18(10)22)28-9-25-15;21-20-15(6-13-2-4-17-19(8-13)26-11-24-17)14(9-22-20)5-12-1-3-16-18(7-12)25-10-23-16/h1-2,5-6,12-13,20,23H,3-4,7-9H2;1-2,5-6,12-13H,3-4,7-9H2;1-2,5-6,12-13H,3-4,7-9,21-22H2;1-4,7-8,14-15H,5-6,9-11H2/t12-,13+,20?;2*12-,13+;14-,15+/m0000/s1. The number of hydrogen-bond donors (Lipinski definition) is 3. The van der Waals surface area contributed by atoms with E-state index < -0.39 is 49.7 Å². The molecule has 8 aromatic carbocycles. The predicted molar refractivity (Wildman–Crippen MR) is 398 cm³/mol. The summed E-state index contributed by atoms with van der Waals surface area (Å²) in [7, 11) is 0. The van der Waals surface area contributed by atoms with Crippen molar-refractivity contribution in [3.63, 3.8) is 0 Å². The summed E-state index contributed by atoms with van der Waals surface area (Å²) in [4.78, 5) is 81.6. The zero-order valence-electron chi connectivity index (χ0n) is 62.3. The molecule has 8 aromatic rings. The zero-order valence-corrected chi connectivity index (χ0v) is 62.3. The molecule has 38 heteroatoms. The number of ether oxygens (including phenoxy) is 20. The van der Waals surface area contributed by atoms with Gasteiger partial charge in [0, 0.05) is 57.7 Å². The number of nitro benzene ring substituents is 4. The van der Waals surface area contributed by atoms with Crippen LogP contribution in [0.4, 0.5) is 34.1 Å². The normalized spacial score (nSPS) is 21.8. The molecular formula is C80H72N6O32. The first-order chi connectivity index (χ1) is 57.2. The van der Waals surface area contributed by atoms with Gasteiger partial charge in [-0.05, 0) is 152 Å². The molecule has 0 aliphatic carbocycles. The van der Waals surface area contributed by atoms with Crippen molar-refractivity contribution in [2.24, 2.45) is 47.3 Å². The highest BCUT2D eigenvalue weighted by Gasteiger charge is 2.45. The Hall–Kier alpha value is -13.9. The Bertz CT molecular complexity index is 5370. The molecule has 118 heavy (non-hydrogen) atoms. The maximum Gasteiger partial charge on any atom is 0.318 e. The van der Waals surface area contributed by atoms with Crippen molar-refractivity contribution in [3.05, 3.63) is 194 Å². The number of anilines is 2. The lowest BCUT2D eigenvalue weighted by Crippen LogP contribution is -2.24. The fourth-order valence-electron chi connectivity index (χ4n) is 16.3. The zero-order chi connectivity index (χ0) is 81.6. The van der Waals surface area contributed by atoms with Gasteiger partial charge in [0.25, 0.3) is 11.4 Å². The third kappa shape index (κ3) is 15.5.